The van der Waals surface area contributed by atoms with E-state index in [1.807, 2.05) is 11.8 Å². The summed E-state index contributed by atoms with van der Waals surface area (Å²) in [5.74, 6) is 1.01. The van der Waals surface area contributed by atoms with Gasteiger partial charge >= 0.3 is 0 Å². The molecule has 1 rings (SSSR count). The molecule has 0 aliphatic rings. The summed E-state index contributed by atoms with van der Waals surface area (Å²) < 4.78 is 2.32. The molecule has 17 heavy (non-hydrogen) atoms. The van der Waals surface area contributed by atoms with Crippen LogP contribution in [0.1, 0.15) is 45.9 Å². The third-order valence-corrected chi connectivity index (χ3v) is 5.28. The molecule has 1 aromatic heterocycles. The maximum absolute atomic E-state index is 6.14. The molecule has 0 aromatic carbocycles. The Morgan fingerprint density at radius 1 is 1.24 bits per heavy atom. The van der Waals surface area contributed by atoms with Crippen LogP contribution in [0.25, 0.3) is 0 Å². The first-order valence-corrected chi connectivity index (χ1v) is 7.85. The first-order chi connectivity index (χ1) is 8.12. The van der Waals surface area contributed by atoms with E-state index >= 15 is 0 Å². The number of aryl methyl sites for hydroxylation is 1. The van der Waals surface area contributed by atoms with Gasteiger partial charge in [-0.15, -0.1) is 10.2 Å². The van der Waals surface area contributed by atoms with Crippen molar-refractivity contribution in [2.75, 3.05) is 6.26 Å². The van der Waals surface area contributed by atoms with Gasteiger partial charge in [0.2, 0.25) is 5.28 Å². The Morgan fingerprint density at radius 2 is 1.88 bits per heavy atom. The molecule has 0 unspecified atom stereocenters. The minimum atomic E-state index is 0.245. The molecule has 1 heterocycles. The highest BCUT2D eigenvalue weighted by Gasteiger charge is 2.27. The van der Waals surface area contributed by atoms with Crippen LogP contribution in [0.15, 0.2) is 0 Å². The fraction of sp³-hybridized carbons (Fsp3) is 0.833. The third kappa shape index (κ3) is 3.38. The molecule has 5 heteroatoms. The Hall–Kier alpha value is -0.220. The molecule has 0 fully saturated rings. The molecule has 0 N–H and O–H groups in total. The monoisotopic (exact) mass is 275 g/mol. The van der Waals surface area contributed by atoms with Gasteiger partial charge in [0.15, 0.2) is 0 Å². The average Bonchev–Trinajstić information content (AvgIpc) is 2.69. The van der Waals surface area contributed by atoms with E-state index in [1.54, 1.807) is 0 Å². The molecule has 0 aliphatic carbocycles. The van der Waals surface area contributed by atoms with E-state index in [9.17, 15) is 0 Å². The van der Waals surface area contributed by atoms with Crippen molar-refractivity contribution < 1.29 is 0 Å². The summed E-state index contributed by atoms with van der Waals surface area (Å²) in [5.41, 5.74) is 0. The van der Waals surface area contributed by atoms with Crippen LogP contribution in [-0.4, -0.2) is 25.8 Å². The van der Waals surface area contributed by atoms with Crippen LogP contribution < -0.4 is 0 Å². The van der Waals surface area contributed by atoms with E-state index in [0.29, 0.717) is 5.28 Å². The molecule has 3 nitrogen and oxygen atoms in total. The molecule has 0 radical (unpaired) electrons. The third-order valence-electron chi connectivity index (χ3n) is 3.42. The lowest BCUT2D eigenvalue weighted by Gasteiger charge is -2.30. The van der Waals surface area contributed by atoms with Gasteiger partial charge in [0, 0.05) is 17.7 Å². The van der Waals surface area contributed by atoms with Gasteiger partial charge in [-0.25, -0.2) is 0 Å². The average molecular weight is 276 g/mol. The Balaban J connectivity index is 2.95. The Labute approximate surface area is 113 Å². The lowest BCUT2D eigenvalue weighted by atomic mass is 10.0. The highest BCUT2D eigenvalue weighted by Crippen LogP contribution is 2.33. The summed E-state index contributed by atoms with van der Waals surface area (Å²) in [7, 11) is 0. The number of rotatable bonds is 7. The fourth-order valence-electron chi connectivity index (χ4n) is 1.99. The predicted molar refractivity (Wildman–Crippen MR) is 75.9 cm³/mol. The van der Waals surface area contributed by atoms with Crippen molar-refractivity contribution in [2.24, 2.45) is 0 Å². The van der Waals surface area contributed by atoms with E-state index in [1.165, 1.54) is 0 Å². The summed E-state index contributed by atoms with van der Waals surface area (Å²) in [4.78, 5) is 0. The van der Waals surface area contributed by atoms with Crippen molar-refractivity contribution >= 4 is 23.4 Å². The second kappa shape index (κ2) is 6.64. The molecule has 0 saturated carbocycles. The zero-order valence-corrected chi connectivity index (χ0v) is 12.7. The molecular formula is C12H22ClN3S. The standard InChI is InChI=1S/C12H22ClN3S/c1-5-8-10-14-15-11(13)16(10)9-12(6-2,7-3)17-4/h5-9H2,1-4H3. The Bertz CT molecular complexity index is 339. The highest BCUT2D eigenvalue weighted by atomic mass is 35.5. The maximum Gasteiger partial charge on any atom is 0.225 e. The van der Waals surface area contributed by atoms with Crippen LogP contribution in [0.3, 0.4) is 0 Å². The SMILES string of the molecule is CCCc1nnc(Cl)n1CC(CC)(CC)SC. The van der Waals surface area contributed by atoms with Crippen LogP contribution in [0.2, 0.25) is 5.28 Å². The molecule has 1 aromatic rings. The van der Waals surface area contributed by atoms with Gasteiger partial charge in [0.25, 0.3) is 0 Å². The van der Waals surface area contributed by atoms with Gasteiger partial charge in [-0.2, -0.15) is 11.8 Å². The van der Waals surface area contributed by atoms with Gasteiger partial charge < -0.3 is 4.57 Å². The van der Waals surface area contributed by atoms with Crippen molar-refractivity contribution in [2.45, 2.75) is 57.7 Å². The topological polar surface area (TPSA) is 30.7 Å². The molecule has 98 valence electrons. The number of nitrogens with zero attached hydrogens (tertiary/aromatic N) is 3. The van der Waals surface area contributed by atoms with E-state index in [2.05, 4.69) is 41.8 Å². The number of thioether (sulfide) groups is 1. The van der Waals surface area contributed by atoms with E-state index in [4.69, 9.17) is 11.6 Å². The summed E-state index contributed by atoms with van der Waals surface area (Å²) in [6.07, 6.45) is 6.44. The van der Waals surface area contributed by atoms with Crippen LogP contribution >= 0.6 is 23.4 Å². The molecule has 0 atom stereocenters. The number of halogens is 1. The van der Waals surface area contributed by atoms with Gasteiger partial charge in [-0.1, -0.05) is 20.8 Å². The van der Waals surface area contributed by atoms with Gasteiger partial charge in [-0.3, -0.25) is 0 Å². The minimum absolute atomic E-state index is 0.245. The van der Waals surface area contributed by atoms with E-state index in [0.717, 1.165) is 38.1 Å². The number of hydrogen-bond donors (Lipinski definition) is 0. The smallest absolute Gasteiger partial charge is 0.225 e. The fourth-order valence-corrected chi connectivity index (χ4v) is 3.02. The van der Waals surface area contributed by atoms with Crippen LogP contribution in [0.4, 0.5) is 0 Å². The van der Waals surface area contributed by atoms with E-state index in [-0.39, 0.29) is 4.75 Å². The van der Waals surface area contributed by atoms with Crippen molar-refractivity contribution in [3.8, 4) is 0 Å². The highest BCUT2D eigenvalue weighted by molar-refractivity contribution is 8.00. The zero-order valence-electron chi connectivity index (χ0n) is 11.2. The molecule has 0 bridgehead atoms. The molecule has 0 amide bonds. The van der Waals surface area contributed by atoms with Crippen molar-refractivity contribution in [1.29, 1.82) is 0 Å². The van der Waals surface area contributed by atoms with Crippen LogP contribution in [0, 0.1) is 0 Å². The lowest BCUT2D eigenvalue weighted by Crippen LogP contribution is -2.30. The normalized spacial score (nSPS) is 12.1. The Kier molecular flexibility index (Phi) is 5.80. The zero-order chi connectivity index (χ0) is 12.9. The van der Waals surface area contributed by atoms with Crippen molar-refractivity contribution in [1.82, 2.24) is 14.8 Å². The largest absolute Gasteiger partial charge is 0.300 e. The second-order valence-corrected chi connectivity index (χ2v) is 5.93. The number of hydrogen-bond acceptors (Lipinski definition) is 3. The van der Waals surface area contributed by atoms with Gasteiger partial charge in [0.1, 0.15) is 5.82 Å². The van der Waals surface area contributed by atoms with E-state index < -0.39 is 0 Å². The maximum atomic E-state index is 6.14. The lowest BCUT2D eigenvalue weighted by molar-refractivity contribution is 0.455. The summed E-state index contributed by atoms with van der Waals surface area (Å²) in [5, 5.41) is 8.68. The summed E-state index contributed by atoms with van der Waals surface area (Å²) in [6, 6.07) is 0. The minimum Gasteiger partial charge on any atom is -0.300 e. The molecule has 0 spiro atoms. The molecular weight excluding hydrogens is 254 g/mol. The predicted octanol–water partition coefficient (Wildman–Crippen LogP) is 3.81. The first-order valence-electron chi connectivity index (χ1n) is 6.25. The van der Waals surface area contributed by atoms with Gasteiger partial charge in [-0.05, 0) is 37.1 Å². The Morgan fingerprint density at radius 3 is 2.35 bits per heavy atom. The van der Waals surface area contributed by atoms with Gasteiger partial charge in [0.05, 0.1) is 0 Å². The second-order valence-electron chi connectivity index (χ2n) is 4.32. The molecule has 0 saturated heterocycles. The van der Waals surface area contributed by atoms with Crippen LogP contribution in [0.5, 0.6) is 0 Å². The first kappa shape index (κ1) is 14.8. The summed E-state index contributed by atoms with van der Waals surface area (Å²) >= 11 is 8.05. The van der Waals surface area contributed by atoms with Crippen molar-refractivity contribution in [3.63, 3.8) is 0 Å². The quantitative estimate of drug-likeness (QED) is 0.758. The van der Waals surface area contributed by atoms with Crippen LogP contribution in [-0.2, 0) is 13.0 Å². The molecule has 0 aliphatic heterocycles. The number of aromatic nitrogens is 3. The summed E-state index contributed by atoms with van der Waals surface area (Å²) in [6.45, 7) is 7.52. The van der Waals surface area contributed by atoms with Crippen molar-refractivity contribution in [3.05, 3.63) is 11.1 Å².